The maximum atomic E-state index is 5.69. The molecular formula is C13H20O2. The van der Waals surface area contributed by atoms with Crippen LogP contribution in [-0.2, 0) is 16.1 Å². The molecule has 0 unspecified atom stereocenters. The van der Waals surface area contributed by atoms with Crippen LogP contribution in [-0.4, -0.2) is 19.3 Å². The van der Waals surface area contributed by atoms with Crippen LogP contribution in [0.3, 0.4) is 0 Å². The Kier molecular flexibility index (Phi) is 6.05. The molecule has 1 aromatic carbocycles. The van der Waals surface area contributed by atoms with E-state index in [0.29, 0.717) is 6.61 Å². The normalized spacial score (nSPS) is 12.7. The number of hydrogen-bond donors (Lipinski definition) is 0. The van der Waals surface area contributed by atoms with Crippen molar-refractivity contribution in [2.45, 2.75) is 33.0 Å². The van der Waals surface area contributed by atoms with Crippen molar-refractivity contribution in [3.8, 4) is 0 Å². The third-order valence-corrected chi connectivity index (χ3v) is 2.25. The first-order chi connectivity index (χ1) is 7.33. The van der Waals surface area contributed by atoms with Crippen LogP contribution in [0.15, 0.2) is 30.3 Å². The van der Waals surface area contributed by atoms with Gasteiger partial charge in [-0.2, -0.15) is 0 Å². The summed E-state index contributed by atoms with van der Waals surface area (Å²) in [5, 5.41) is 0. The zero-order valence-corrected chi connectivity index (χ0v) is 9.61. The molecule has 0 amide bonds. The Hall–Kier alpha value is -0.860. The average molecular weight is 208 g/mol. The lowest BCUT2D eigenvalue weighted by Gasteiger charge is -2.12. The van der Waals surface area contributed by atoms with E-state index < -0.39 is 0 Å². The third kappa shape index (κ3) is 5.55. The van der Waals surface area contributed by atoms with Crippen LogP contribution >= 0.6 is 0 Å². The second-order valence-electron chi connectivity index (χ2n) is 3.59. The minimum Gasteiger partial charge on any atom is -0.382 e. The van der Waals surface area contributed by atoms with Gasteiger partial charge in [-0.1, -0.05) is 30.3 Å². The highest BCUT2D eigenvalue weighted by molar-refractivity contribution is 5.13. The maximum absolute atomic E-state index is 5.69. The summed E-state index contributed by atoms with van der Waals surface area (Å²) < 4.78 is 11.0. The highest BCUT2D eigenvalue weighted by atomic mass is 16.5. The summed E-state index contributed by atoms with van der Waals surface area (Å²) in [6, 6.07) is 10.2. The third-order valence-electron chi connectivity index (χ3n) is 2.25. The van der Waals surface area contributed by atoms with Gasteiger partial charge in [-0.15, -0.1) is 0 Å². The summed E-state index contributed by atoms with van der Waals surface area (Å²) in [6.07, 6.45) is 1.22. The monoisotopic (exact) mass is 208 g/mol. The first-order valence-electron chi connectivity index (χ1n) is 5.56. The topological polar surface area (TPSA) is 18.5 Å². The van der Waals surface area contributed by atoms with Crippen molar-refractivity contribution in [1.29, 1.82) is 0 Å². The van der Waals surface area contributed by atoms with Gasteiger partial charge in [-0.25, -0.2) is 0 Å². The SMILES string of the molecule is CCOCC[C@@H](C)OCc1ccccc1. The van der Waals surface area contributed by atoms with Gasteiger partial charge in [-0.05, 0) is 25.8 Å². The molecule has 2 nitrogen and oxygen atoms in total. The second kappa shape index (κ2) is 7.43. The van der Waals surface area contributed by atoms with E-state index in [4.69, 9.17) is 9.47 Å². The van der Waals surface area contributed by atoms with Crippen LogP contribution in [0.4, 0.5) is 0 Å². The number of benzene rings is 1. The van der Waals surface area contributed by atoms with Crippen LogP contribution in [0.25, 0.3) is 0 Å². The lowest BCUT2D eigenvalue weighted by Crippen LogP contribution is -2.11. The highest BCUT2D eigenvalue weighted by Gasteiger charge is 2.01. The molecule has 2 heteroatoms. The van der Waals surface area contributed by atoms with E-state index in [0.717, 1.165) is 19.6 Å². The molecular weight excluding hydrogens is 188 g/mol. The molecule has 0 bridgehead atoms. The predicted octanol–water partition coefficient (Wildman–Crippen LogP) is 3.02. The largest absolute Gasteiger partial charge is 0.382 e. The van der Waals surface area contributed by atoms with Crippen LogP contribution < -0.4 is 0 Å². The van der Waals surface area contributed by atoms with Crippen LogP contribution in [0.5, 0.6) is 0 Å². The maximum Gasteiger partial charge on any atom is 0.0720 e. The van der Waals surface area contributed by atoms with Gasteiger partial charge >= 0.3 is 0 Å². The van der Waals surface area contributed by atoms with Crippen LogP contribution in [0.1, 0.15) is 25.8 Å². The highest BCUT2D eigenvalue weighted by Crippen LogP contribution is 2.05. The molecule has 1 atom stereocenters. The van der Waals surface area contributed by atoms with Crippen LogP contribution in [0.2, 0.25) is 0 Å². The lowest BCUT2D eigenvalue weighted by atomic mass is 10.2. The van der Waals surface area contributed by atoms with Gasteiger partial charge < -0.3 is 9.47 Å². The van der Waals surface area contributed by atoms with Gasteiger partial charge in [0.25, 0.3) is 0 Å². The first kappa shape index (κ1) is 12.2. The quantitative estimate of drug-likeness (QED) is 0.641. The number of hydrogen-bond acceptors (Lipinski definition) is 2. The molecule has 0 saturated heterocycles. The van der Waals surface area contributed by atoms with Gasteiger partial charge in [0.05, 0.1) is 12.7 Å². The first-order valence-corrected chi connectivity index (χ1v) is 5.56. The zero-order valence-electron chi connectivity index (χ0n) is 9.61. The number of rotatable bonds is 7. The Morgan fingerprint density at radius 2 is 1.93 bits per heavy atom. The molecule has 0 fully saturated rings. The summed E-state index contributed by atoms with van der Waals surface area (Å²) >= 11 is 0. The molecule has 0 aromatic heterocycles. The molecule has 0 aliphatic carbocycles. The van der Waals surface area contributed by atoms with Crippen molar-refractivity contribution >= 4 is 0 Å². The van der Waals surface area contributed by atoms with Gasteiger partial charge in [0, 0.05) is 13.2 Å². The fourth-order valence-electron chi connectivity index (χ4n) is 1.29. The zero-order chi connectivity index (χ0) is 10.9. The van der Waals surface area contributed by atoms with Crippen molar-refractivity contribution in [3.05, 3.63) is 35.9 Å². The van der Waals surface area contributed by atoms with E-state index in [-0.39, 0.29) is 6.10 Å². The molecule has 0 radical (unpaired) electrons. The molecule has 0 spiro atoms. The summed E-state index contributed by atoms with van der Waals surface area (Å²) in [5.41, 5.74) is 1.22. The number of ether oxygens (including phenoxy) is 2. The van der Waals surface area contributed by atoms with Gasteiger partial charge in [-0.3, -0.25) is 0 Å². The molecule has 1 aromatic rings. The Morgan fingerprint density at radius 3 is 2.60 bits per heavy atom. The summed E-state index contributed by atoms with van der Waals surface area (Å²) in [5.74, 6) is 0. The Labute approximate surface area is 92.2 Å². The molecule has 0 saturated carbocycles. The molecule has 1 rings (SSSR count). The van der Waals surface area contributed by atoms with E-state index in [9.17, 15) is 0 Å². The lowest BCUT2D eigenvalue weighted by molar-refractivity contribution is 0.0240. The van der Waals surface area contributed by atoms with Crippen molar-refractivity contribution in [2.75, 3.05) is 13.2 Å². The van der Waals surface area contributed by atoms with Crippen LogP contribution in [0, 0.1) is 0 Å². The second-order valence-corrected chi connectivity index (χ2v) is 3.59. The summed E-state index contributed by atoms with van der Waals surface area (Å²) in [7, 11) is 0. The Bertz CT molecular complexity index is 246. The smallest absolute Gasteiger partial charge is 0.0720 e. The summed E-state index contributed by atoms with van der Waals surface area (Å²) in [4.78, 5) is 0. The molecule has 0 aliphatic rings. The average Bonchev–Trinajstić information content (AvgIpc) is 2.28. The van der Waals surface area contributed by atoms with Crippen molar-refractivity contribution in [3.63, 3.8) is 0 Å². The van der Waals surface area contributed by atoms with E-state index in [1.807, 2.05) is 25.1 Å². The minimum atomic E-state index is 0.261. The van der Waals surface area contributed by atoms with E-state index in [1.165, 1.54) is 5.56 Å². The van der Waals surface area contributed by atoms with E-state index in [1.54, 1.807) is 0 Å². The van der Waals surface area contributed by atoms with E-state index >= 15 is 0 Å². The van der Waals surface area contributed by atoms with Crippen molar-refractivity contribution in [1.82, 2.24) is 0 Å². The predicted molar refractivity (Wildman–Crippen MR) is 61.8 cm³/mol. The summed E-state index contributed by atoms with van der Waals surface area (Å²) in [6.45, 7) is 6.35. The van der Waals surface area contributed by atoms with Gasteiger partial charge in [0.1, 0.15) is 0 Å². The minimum absolute atomic E-state index is 0.261. The Morgan fingerprint density at radius 1 is 1.20 bits per heavy atom. The van der Waals surface area contributed by atoms with Crippen molar-refractivity contribution in [2.24, 2.45) is 0 Å². The molecule has 15 heavy (non-hydrogen) atoms. The van der Waals surface area contributed by atoms with Gasteiger partial charge in [0.2, 0.25) is 0 Å². The fraction of sp³-hybridized carbons (Fsp3) is 0.538. The molecule has 0 aliphatic heterocycles. The molecule has 0 heterocycles. The van der Waals surface area contributed by atoms with Gasteiger partial charge in [0.15, 0.2) is 0 Å². The Balaban J connectivity index is 2.14. The van der Waals surface area contributed by atoms with E-state index in [2.05, 4.69) is 19.1 Å². The molecule has 84 valence electrons. The molecule has 0 N–H and O–H groups in total. The van der Waals surface area contributed by atoms with Crippen molar-refractivity contribution < 1.29 is 9.47 Å². The standard InChI is InChI=1S/C13H20O2/c1-3-14-10-9-12(2)15-11-13-7-5-4-6-8-13/h4-8,12H,3,9-11H2,1-2H3/t12-/m1/s1. The fourth-order valence-corrected chi connectivity index (χ4v) is 1.29.